The predicted octanol–water partition coefficient (Wildman–Crippen LogP) is 1.43. The zero-order valence-electron chi connectivity index (χ0n) is 7.01. The number of nitrogens with zero attached hydrogens (tertiary/aromatic N) is 1. The number of aldehydes is 1. The molecule has 0 aliphatic rings. The van der Waals surface area contributed by atoms with E-state index < -0.39 is 17.9 Å². The normalized spacial score (nSPS) is 10.6. The molecule has 14 heavy (non-hydrogen) atoms. The number of hydrogen-bond donors (Lipinski definition) is 1. The number of halogens is 3. The van der Waals surface area contributed by atoms with Crippen molar-refractivity contribution in [3.05, 3.63) is 28.8 Å². The third-order valence-corrected chi connectivity index (χ3v) is 1.65. The summed E-state index contributed by atoms with van der Waals surface area (Å²) in [6.07, 6.45) is -2.77. The molecule has 1 aromatic rings. The van der Waals surface area contributed by atoms with Gasteiger partial charge >= 0.3 is 0 Å². The Hall–Kier alpha value is -1.43. The van der Waals surface area contributed by atoms with Gasteiger partial charge in [-0.25, -0.2) is 18.2 Å². The highest BCUT2D eigenvalue weighted by Crippen LogP contribution is 2.21. The molecule has 0 fully saturated rings. The second kappa shape index (κ2) is 4.19. The van der Waals surface area contributed by atoms with E-state index in [4.69, 9.17) is 5.73 Å². The van der Waals surface area contributed by atoms with Gasteiger partial charge in [0.1, 0.15) is 11.4 Å². The molecule has 0 amide bonds. The minimum atomic E-state index is -3.04. The van der Waals surface area contributed by atoms with Crippen LogP contribution in [0.25, 0.3) is 0 Å². The van der Waals surface area contributed by atoms with E-state index in [1.54, 1.807) is 0 Å². The number of carbonyl (C=O) groups is 1. The maximum Gasteiger partial charge on any atom is 0.283 e. The summed E-state index contributed by atoms with van der Waals surface area (Å²) in [4.78, 5) is 13.6. The highest BCUT2D eigenvalue weighted by molar-refractivity contribution is 5.74. The van der Waals surface area contributed by atoms with E-state index in [1.165, 1.54) is 0 Å². The third-order valence-electron chi connectivity index (χ3n) is 1.65. The molecule has 3 nitrogen and oxygen atoms in total. The van der Waals surface area contributed by atoms with Crippen LogP contribution in [0.2, 0.25) is 0 Å². The molecule has 0 bridgehead atoms. The Morgan fingerprint density at radius 1 is 1.57 bits per heavy atom. The molecule has 0 aromatic carbocycles. The van der Waals surface area contributed by atoms with Crippen LogP contribution in [-0.4, -0.2) is 11.3 Å². The second-order valence-corrected chi connectivity index (χ2v) is 2.52. The quantitative estimate of drug-likeness (QED) is 0.757. The highest BCUT2D eigenvalue weighted by Gasteiger charge is 2.18. The Morgan fingerprint density at radius 2 is 2.21 bits per heavy atom. The molecule has 1 rings (SSSR count). The number of carbonyl (C=O) groups excluding carboxylic acids is 1. The van der Waals surface area contributed by atoms with Gasteiger partial charge in [-0.15, -0.1) is 0 Å². The Labute approximate surface area is 77.7 Å². The smallest absolute Gasteiger partial charge is 0.283 e. The number of alkyl halides is 2. The van der Waals surface area contributed by atoms with Crippen LogP contribution in [-0.2, 0) is 6.54 Å². The van der Waals surface area contributed by atoms with Gasteiger partial charge in [0.25, 0.3) is 6.43 Å². The largest absolute Gasteiger partial charge is 0.326 e. The van der Waals surface area contributed by atoms with Crippen LogP contribution < -0.4 is 5.73 Å². The van der Waals surface area contributed by atoms with Crippen LogP contribution >= 0.6 is 0 Å². The summed E-state index contributed by atoms with van der Waals surface area (Å²) in [5.74, 6) is -1.15. The molecule has 0 aliphatic heterocycles. The van der Waals surface area contributed by atoms with Crippen molar-refractivity contribution in [1.82, 2.24) is 4.98 Å². The maximum atomic E-state index is 12.9. The topological polar surface area (TPSA) is 56.0 Å². The zero-order valence-corrected chi connectivity index (χ0v) is 7.01. The first kappa shape index (κ1) is 10.6. The van der Waals surface area contributed by atoms with Crippen molar-refractivity contribution in [2.75, 3.05) is 0 Å². The van der Waals surface area contributed by atoms with Gasteiger partial charge < -0.3 is 5.73 Å². The van der Waals surface area contributed by atoms with Gasteiger partial charge in [0, 0.05) is 6.54 Å². The number of rotatable bonds is 3. The fourth-order valence-electron chi connectivity index (χ4n) is 0.974. The first-order valence-electron chi connectivity index (χ1n) is 3.72. The fourth-order valence-corrected chi connectivity index (χ4v) is 0.974. The first-order chi connectivity index (χ1) is 6.60. The molecule has 6 heteroatoms. The summed E-state index contributed by atoms with van der Waals surface area (Å²) in [6.45, 7) is -0.124. The minimum absolute atomic E-state index is 0.113. The van der Waals surface area contributed by atoms with Gasteiger partial charge in [-0.2, -0.15) is 0 Å². The Kier molecular flexibility index (Phi) is 3.19. The van der Waals surface area contributed by atoms with E-state index in [0.717, 1.165) is 6.07 Å². The lowest BCUT2D eigenvalue weighted by atomic mass is 10.2. The standard InChI is InChI=1S/C8H7F3N2O/c9-5-1-4(2-12)6(3-14)13-7(5)8(10)11/h1,3,8H,2,12H2. The van der Waals surface area contributed by atoms with E-state index >= 15 is 0 Å². The van der Waals surface area contributed by atoms with Crippen LogP contribution in [0.4, 0.5) is 13.2 Å². The average Bonchev–Trinajstić information content (AvgIpc) is 2.16. The van der Waals surface area contributed by atoms with Crippen molar-refractivity contribution < 1.29 is 18.0 Å². The summed E-state index contributed by atoms with van der Waals surface area (Å²) in [5, 5.41) is 0. The predicted molar refractivity (Wildman–Crippen MR) is 42.4 cm³/mol. The zero-order chi connectivity index (χ0) is 10.7. The SMILES string of the molecule is NCc1cc(F)c(C(F)F)nc1C=O. The van der Waals surface area contributed by atoms with E-state index in [0.29, 0.717) is 0 Å². The molecule has 1 aromatic heterocycles. The molecule has 0 aliphatic carbocycles. The highest BCUT2D eigenvalue weighted by atomic mass is 19.3. The first-order valence-corrected chi connectivity index (χ1v) is 3.72. The lowest BCUT2D eigenvalue weighted by molar-refractivity contribution is 0.111. The van der Waals surface area contributed by atoms with Crippen molar-refractivity contribution in [3.8, 4) is 0 Å². The van der Waals surface area contributed by atoms with E-state index in [-0.39, 0.29) is 24.1 Å². The van der Waals surface area contributed by atoms with Crippen molar-refractivity contribution in [1.29, 1.82) is 0 Å². The number of nitrogens with two attached hydrogens (primary N) is 1. The minimum Gasteiger partial charge on any atom is -0.326 e. The van der Waals surface area contributed by atoms with E-state index in [9.17, 15) is 18.0 Å². The van der Waals surface area contributed by atoms with Crippen molar-refractivity contribution in [2.45, 2.75) is 13.0 Å². The average molecular weight is 204 g/mol. The van der Waals surface area contributed by atoms with Crippen LogP contribution in [0.3, 0.4) is 0 Å². The number of hydrogen-bond acceptors (Lipinski definition) is 3. The Balaban J connectivity index is 3.30. The van der Waals surface area contributed by atoms with Gasteiger partial charge in [0.05, 0.1) is 0 Å². The third kappa shape index (κ3) is 1.90. The van der Waals surface area contributed by atoms with Gasteiger partial charge in [-0.3, -0.25) is 4.79 Å². The number of pyridine rings is 1. The summed E-state index contributed by atoms with van der Waals surface area (Å²) in [5.41, 5.74) is 4.01. The van der Waals surface area contributed by atoms with Crippen LogP contribution in [0, 0.1) is 5.82 Å². The molecule has 0 unspecified atom stereocenters. The van der Waals surface area contributed by atoms with Crippen LogP contribution in [0.1, 0.15) is 28.2 Å². The van der Waals surface area contributed by atoms with Crippen molar-refractivity contribution in [2.24, 2.45) is 5.73 Å². The van der Waals surface area contributed by atoms with Crippen LogP contribution in [0.15, 0.2) is 6.07 Å². The van der Waals surface area contributed by atoms with Gasteiger partial charge in [-0.1, -0.05) is 0 Å². The van der Waals surface area contributed by atoms with Crippen LogP contribution in [0.5, 0.6) is 0 Å². The van der Waals surface area contributed by atoms with Crippen molar-refractivity contribution >= 4 is 6.29 Å². The van der Waals surface area contributed by atoms with Gasteiger partial charge in [0.2, 0.25) is 0 Å². The summed E-state index contributed by atoms with van der Waals surface area (Å²) >= 11 is 0. The molecule has 0 saturated carbocycles. The maximum absolute atomic E-state index is 12.9. The lowest BCUT2D eigenvalue weighted by Gasteiger charge is -2.05. The molecular formula is C8H7F3N2O. The van der Waals surface area contributed by atoms with Gasteiger partial charge in [-0.05, 0) is 11.6 Å². The molecule has 0 atom stereocenters. The summed E-state index contributed by atoms with van der Waals surface area (Å²) in [6, 6.07) is 0.804. The summed E-state index contributed by atoms with van der Waals surface area (Å²) < 4.78 is 37.2. The summed E-state index contributed by atoms with van der Waals surface area (Å²) in [7, 11) is 0. The Morgan fingerprint density at radius 3 is 2.64 bits per heavy atom. The molecule has 1 heterocycles. The second-order valence-electron chi connectivity index (χ2n) is 2.52. The fraction of sp³-hybridized carbons (Fsp3) is 0.250. The monoisotopic (exact) mass is 204 g/mol. The van der Waals surface area contributed by atoms with E-state index in [1.807, 2.05) is 0 Å². The van der Waals surface area contributed by atoms with Crippen molar-refractivity contribution in [3.63, 3.8) is 0 Å². The molecule has 0 radical (unpaired) electrons. The number of aromatic nitrogens is 1. The molecular weight excluding hydrogens is 197 g/mol. The molecule has 2 N–H and O–H groups in total. The molecule has 0 spiro atoms. The van der Waals surface area contributed by atoms with Gasteiger partial charge in [0.15, 0.2) is 12.1 Å². The molecule has 76 valence electrons. The Bertz CT molecular complexity index is 355. The molecule has 0 saturated heterocycles. The van der Waals surface area contributed by atoms with E-state index in [2.05, 4.69) is 4.98 Å². The lowest BCUT2D eigenvalue weighted by Crippen LogP contribution is -2.08.